The fourth-order valence-electron chi connectivity index (χ4n) is 1.49. The lowest BCUT2D eigenvalue weighted by Crippen LogP contribution is -1.92. The van der Waals surface area contributed by atoms with Gasteiger partial charge < -0.3 is 5.11 Å². The summed E-state index contributed by atoms with van der Waals surface area (Å²) < 4.78 is 1.08. The SMILES string of the molecule is CCc1ccc(C(O)c2cc(Br)c(C)s2)s1. The quantitative estimate of drug-likeness (QED) is 0.882. The van der Waals surface area contributed by atoms with E-state index in [1.54, 1.807) is 22.7 Å². The fraction of sp³-hybridized carbons (Fsp3) is 0.333. The zero-order valence-corrected chi connectivity index (χ0v) is 12.4. The van der Waals surface area contributed by atoms with Crippen LogP contribution in [0, 0.1) is 6.92 Å². The molecule has 0 radical (unpaired) electrons. The van der Waals surface area contributed by atoms with Gasteiger partial charge in [0.2, 0.25) is 0 Å². The number of thiophene rings is 2. The standard InChI is InChI=1S/C12H13BrOS2/c1-3-8-4-5-10(16-8)12(14)11-6-9(13)7(2)15-11/h4-6,12,14H,3H2,1-2H3. The smallest absolute Gasteiger partial charge is 0.122 e. The van der Waals surface area contributed by atoms with E-state index in [1.807, 2.05) is 12.1 Å². The van der Waals surface area contributed by atoms with Gasteiger partial charge in [0.25, 0.3) is 0 Å². The summed E-state index contributed by atoms with van der Waals surface area (Å²) in [7, 11) is 0. The fourth-order valence-corrected chi connectivity index (χ4v) is 4.09. The monoisotopic (exact) mass is 316 g/mol. The van der Waals surface area contributed by atoms with Crippen molar-refractivity contribution in [2.45, 2.75) is 26.4 Å². The maximum Gasteiger partial charge on any atom is 0.122 e. The van der Waals surface area contributed by atoms with Gasteiger partial charge in [-0.05, 0) is 47.5 Å². The minimum Gasteiger partial charge on any atom is -0.382 e. The molecular formula is C12H13BrOS2. The number of aliphatic hydroxyl groups is 1. The highest BCUT2D eigenvalue weighted by molar-refractivity contribution is 9.10. The summed E-state index contributed by atoms with van der Waals surface area (Å²) in [5.74, 6) is 0. The van der Waals surface area contributed by atoms with Gasteiger partial charge in [0, 0.05) is 24.0 Å². The van der Waals surface area contributed by atoms with Crippen molar-refractivity contribution in [3.05, 3.63) is 42.2 Å². The Hall–Kier alpha value is -0.160. The van der Waals surface area contributed by atoms with Crippen molar-refractivity contribution in [3.8, 4) is 0 Å². The van der Waals surface area contributed by atoms with Gasteiger partial charge in [0.05, 0.1) is 0 Å². The Kier molecular flexibility index (Phi) is 3.85. The molecule has 16 heavy (non-hydrogen) atoms. The number of aryl methyl sites for hydroxylation is 2. The first-order valence-electron chi connectivity index (χ1n) is 5.14. The van der Waals surface area contributed by atoms with Crippen LogP contribution in [0.2, 0.25) is 0 Å². The van der Waals surface area contributed by atoms with E-state index < -0.39 is 6.10 Å². The molecule has 0 saturated carbocycles. The largest absolute Gasteiger partial charge is 0.382 e. The summed E-state index contributed by atoms with van der Waals surface area (Å²) >= 11 is 6.81. The molecular weight excluding hydrogens is 304 g/mol. The Morgan fingerprint density at radius 3 is 2.56 bits per heavy atom. The van der Waals surface area contributed by atoms with Crippen molar-refractivity contribution in [2.24, 2.45) is 0 Å². The molecule has 4 heteroatoms. The molecule has 0 bridgehead atoms. The number of hydrogen-bond donors (Lipinski definition) is 1. The van der Waals surface area contributed by atoms with E-state index in [0.717, 1.165) is 20.6 Å². The van der Waals surface area contributed by atoms with Crippen molar-refractivity contribution in [2.75, 3.05) is 0 Å². The molecule has 0 spiro atoms. The molecule has 2 heterocycles. The first-order valence-corrected chi connectivity index (χ1v) is 7.57. The predicted octanol–water partition coefficient (Wildman–Crippen LogP) is 4.52. The number of rotatable bonds is 3. The van der Waals surface area contributed by atoms with Crippen LogP contribution in [0.15, 0.2) is 22.7 Å². The second-order valence-corrected chi connectivity index (χ2v) is 6.96. The van der Waals surface area contributed by atoms with Crippen LogP contribution < -0.4 is 0 Å². The molecule has 1 atom stereocenters. The van der Waals surface area contributed by atoms with E-state index in [-0.39, 0.29) is 0 Å². The van der Waals surface area contributed by atoms with E-state index in [9.17, 15) is 5.11 Å². The van der Waals surface area contributed by atoms with Crippen LogP contribution in [0.5, 0.6) is 0 Å². The maximum atomic E-state index is 10.2. The zero-order chi connectivity index (χ0) is 11.7. The highest BCUT2D eigenvalue weighted by atomic mass is 79.9. The van der Waals surface area contributed by atoms with Gasteiger partial charge in [-0.3, -0.25) is 0 Å². The molecule has 1 unspecified atom stereocenters. The highest BCUT2D eigenvalue weighted by Crippen LogP contribution is 2.36. The van der Waals surface area contributed by atoms with Crippen molar-refractivity contribution < 1.29 is 5.11 Å². The average Bonchev–Trinajstić information content (AvgIpc) is 2.86. The summed E-state index contributed by atoms with van der Waals surface area (Å²) in [5.41, 5.74) is 0. The zero-order valence-electron chi connectivity index (χ0n) is 9.16. The molecule has 0 aliphatic rings. The predicted molar refractivity (Wildman–Crippen MR) is 74.5 cm³/mol. The van der Waals surface area contributed by atoms with Gasteiger partial charge in [-0.1, -0.05) is 6.92 Å². The molecule has 86 valence electrons. The summed E-state index contributed by atoms with van der Waals surface area (Å²) in [6, 6.07) is 6.13. The first-order chi connectivity index (χ1) is 7.61. The molecule has 0 fully saturated rings. The van der Waals surface area contributed by atoms with Crippen LogP contribution >= 0.6 is 38.6 Å². The third-order valence-corrected chi connectivity index (χ3v) is 5.92. The van der Waals surface area contributed by atoms with Crippen LogP contribution in [0.1, 0.15) is 32.5 Å². The summed E-state index contributed by atoms with van der Waals surface area (Å²) in [5, 5.41) is 10.2. The van der Waals surface area contributed by atoms with Gasteiger partial charge >= 0.3 is 0 Å². The van der Waals surface area contributed by atoms with Gasteiger partial charge in [-0.15, -0.1) is 22.7 Å². The Labute approximate surface area is 112 Å². The third kappa shape index (κ3) is 2.40. The Morgan fingerprint density at radius 2 is 2.06 bits per heavy atom. The lowest BCUT2D eigenvalue weighted by Gasteiger charge is -2.04. The number of hydrogen-bond acceptors (Lipinski definition) is 3. The highest BCUT2D eigenvalue weighted by Gasteiger charge is 2.16. The Bertz CT molecular complexity index is 467. The Balaban J connectivity index is 2.27. The van der Waals surface area contributed by atoms with Crippen molar-refractivity contribution in [3.63, 3.8) is 0 Å². The number of aliphatic hydroxyl groups excluding tert-OH is 1. The molecule has 0 amide bonds. The molecule has 0 aliphatic carbocycles. The van der Waals surface area contributed by atoms with Gasteiger partial charge in [0.1, 0.15) is 6.10 Å². The third-order valence-electron chi connectivity index (χ3n) is 2.45. The second kappa shape index (κ2) is 5.00. The van der Waals surface area contributed by atoms with E-state index in [0.29, 0.717) is 0 Å². The summed E-state index contributed by atoms with van der Waals surface area (Å²) in [6.45, 7) is 4.19. The van der Waals surface area contributed by atoms with Crippen molar-refractivity contribution in [1.29, 1.82) is 0 Å². The minimum atomic E-state index is -0.472. The van der Waals surface area contributed by atoms with Crippen LogP contribution in [-0.4, -0.2) is 5.11 Å². The van der Waals surface area contributed by atoms with Crippen LogP contribution in [0.3, 0.4) is 0 Å². The number of halogens is 1. The Morgan fingerprint density at radius 1 is 1.31 bits per heavy atom. The van der Waals surface area contributed by atoms with Crippen LogP contribution in [-0.2, 0) is 6.42 Å². The lowest BCUT2D eigenvalue weighted by atomic mass is 10.2. The molecule has 0 saturated heterocycles. The normalized spacial score (nSPS) is 13.0. The van der Waals surface area contributed by atoms with Crippen LogP contribution in [0.25, 0.3) is 0 Å². The van der Waals surface area contributed by atoms with Gasteiger partial charge in [-0.25, -0.2) is 0 Å². The van der Waals surface area contributed by atoms with Gasteiger partial charge in [0.15, 0.2) is 0 Å². The van der Waals surface area contributed by atoms with E-state index >= 15 is 0 Å². The van der Waals surface area contributed by atoms with Crippen molar-refractivity contribution >= 4 is 38.6 Å². The molecule has 0 aliphatic heterocycles. The van der Waals surface area contributed by atoms with Gasteiger partial charge in [-0.2, -0.15) is 0 Å². The molecule has 2 aromatic rings. The molecule has 1 nitrogen and oxygen atoms in total. The lowest BCUT2D eigenvalue weighted by molar-refractivity contribution is 0.228. The topological polar surface area (TPSA) is 20.2 Å². The second-order valence-electron chi connectivity index (χ2n) is 3.61. The summed E-state index contributed by atoms with van der Waals surface area (Å²) in [4.78, 5) is 4.57. The van der Waals surface area contributed by atoms with Crippen molar-refractivity contribution in [1.82, 2.24) is 0 Å². The maximum absolute atomic E-state index is 10.2. The minimum absolute atomic E-state index is 0.472. The first kappa shape index (κ1) is 12.3. The van der Waals surface area contributed by atoms with E-state index in [1.165, 1.54) is 9.75 Å². The molecule has 1 N–H and O–H groups in total. The van der Waals surface area contributed by atoms with Crippen LogP contribution in [0.4, 0.5) is 0 Å². The summed E-state index contributed by atoms with van der Waals surface area (Å²) in [6.07, 6.45) is 0.560. The molecule has 2 aromatic heterocycles. The molecule has 0 aromatic carbocycles. The molecule has 2 rings (SSSR count). The van der Waals surface area contributed by atoms with E-state index in [2.05, 4.69) is 35.8 Å². The van der Waals surface area contributed by atoms with E-state index in [4.69, 9.17) is 0 Å². The average molecular weight is 317 g/mol.